The van der Waals surface area contributed by atoms with Crippen LogP contribution in [0.15, 0.2) is 24.3 Å². The monoisotopic (exact) mass is 275 g/mol. The average Bonchev–Trinajstić information content (AvgIpc) is 2.90. The number of aryl methyl sites for hydroxylation is 2. The second kappa shape index (κ2) is 7.80. The Bertz CT molecular complexity index is 404. The molecule has 0 heterocycles. The molecular formula is C18H29NO. The number of benzene rings is 1. The van der Waals surface area contributed by atoms with E-state index in [4.69, 9.17) is 0 Å². The van der Waals surface area contributed by atoms with Gasteiger partial charge in [0, 0.05) is 12.6 Å². The first-order valence-electron chi connectivity index (χ1n) is 8.09. The molecule has 2 heteroatoms. The van der Waals surface area contributed by atoms with Crippen molar-refractivity contribution in [1.29, 1.82) is 0 Å². The molecule has 0 aliphatic heterocycles. The van der Waals surface area contributed by atoms with E-state index >= 15 is 0 Å². The second-order valence-corrected chi connectivity index (χ2v) is 6.47. The Morgan fingerprint density at radius 1 is 1.30 bits per heavy atom. The van der Waals surface area contributed by atoms with Gasteiger partial charge in [0.2, 0.25) is 0 Å². The third-order valence-electron chi connectivity index (χ3n) is 4.73. The highest BCUT2D eigenvalue weighted by Gasteiger charge is 2.26. The van der Waals surface area contributed by atoms with Gasteiger partial charge < -0.3 is 10.4 Å². The van der Waals surface area contributed by atoms with Gasteiger partial charge in [-0.2, -0.15) is 0 Å². The molecule has 1 aliphatic carbocycles. The van der Waals surface area contributed by atoms with Crippen molar-refractivity contribution in [3.8, 4) is 0 Å². The summed E-state index contributed by atoms with van der Waals surface area (Å²) >= 11 is 0. The van der Waals surface area contributed by atoms with E-state index in [-0.39, 0.29) is 0 Å². The van der Waals surface area contributed by atoms with E-state index < -0.39 is 0 Å². The molecule has 0 saturated heterocycles. The maximum atomic E-state index is 9.35. The lowest BCUT2D eigenvalue weighted by molar-refractivity contribution is 0.190. The van der Waals surface area contributed by atoms with Crippen LogP contribution in [-0.2, 0) is 6.42 Å². The molecule has 0 radical (unpaired) electrons. The van der Waals surface area contributed by atoms with Gasteiger partial charge in [-0.25, -0.2) is 0 Å². The van der Waals surface area contributed by atoms with E-state index in [9.17, 15) is 5.11 Å². The van der Waals surface area contributed by atoms with Gasteiger partial charge in [0.15, 0.2) is 0 Å². The summed E-state index contributed by atoms with van der Waals surface area (Å²) in [6.07, 6.45) is 6.10. The van der Waals surface area contributed by atoms with Crippen molar-refractivity contribution < 1.29 is 5.11 Å². The van der Waals surface area contributed by atoms with Crippen molar-refractivity contribution in [3.05, 3.63) is 35.4 Å². The Labute approximate surface area is 123 Å². The maximum absolute atomic E-state index is 9.35. The summed E-state index contributed by atoms with van der Waals surface area (Å²) in [6, 6.07) is 9.35. The number of hydrogen-bond acceptors (Lipinski definition) is 2. The fraction of sp³-hybridized carbons (Fsp3) is 0.667. The first-order valence-corrected chi connectivity index (χ1v) is 8.09. The van der Waals surface area contributed by atoms with Crippen LogP contribution in [0.1, 0.15) is 43.7 Å². The predicted octanol–water partition coefficient (Wildman–Crippen LogP) is 3.31. The summed E-state index contributed by atoms with van der Waals surface area (Å²) in [5.74, 6) is 1.22. The van der Waals surface area contributed by atoms with Crippen LogP contribution in [0.4, 0.5) is 0 Å². The van der Waals surface area contributed by atoms with Gasteiger partial charge in [-0.3, -0.25) is 0 Å². The molecule has 1 saturated carbocycles. The summed E-state index contributed by atoms with van der Waals surface area (Å²) in [5.41, 5.74) is 2.78. The topological polar surface area (TPSA) is 32.3 Å². The molecule has 0 aromatic heterocycles. The maximum Gasteiger partial charge on any atom is 0.0462 e. The molecule has 1 fully saturated rings. The molecule has 1 aromatic rings. The van der Waals surface area contributed by atoms with Crippen molar-refractivity contribution in [1.82, 2.24) is 5.32 Å². The molecule has 2 rings (SSSR count). The second-order valence-electron chi connectivity index (χ2n) is 6.47. The minimum atomic E-state index is 0.365. The summed E-state index contributed by atoms with van der Waals surface area (Å²) in [4.78, 5) is 0. The third-order valence-corrected chi connectivity index (χ3v) is 4.73. The van der Waals surface area contributed by atoms with Gasteiger partial charge in [0.05, 0.1) is 0 Å². The van der Waals surface area contributed by atoms with Gasteiger partial charge in [0.25, 0.3) is 0 Å². The molecule has 3 unspecified atom stereocenters. The van der Waals surface area contributed by atoms with E-state index in [1.54, 1.807) is 0 Å². The molecule has 3 atom stereocenters. The Balaban J connectivity index is 1.69. The lowest BCUT2D eigenvalue weighted by Gasteiger charge is -2.21. The largest absolute Gasteiger partial charge is 0.396 e. The predicted molar refractivity (Wildman–Crippen MR) is 84.9 cm³/mol. The van der Waals surface area contributed by atoms with E-state index in [2.05, 4.69) is 43.4 Å². The van der Waals surface area contributed by atoms with Crippen LogP contribution >= 0.6 is 0 Å². The van der Waals surface area contributed by atoms with E-state index in [1.807, 2.05) is 0 Å². The Morgan fingerprint density at radius 2 is 2.10 bits per heavy atom. The highest BCUT2D eigenvalue weighted by Crippen LogP contribution is 2.30. The van der Waals surface area contributed by atoms with Crippen LogP contribution in [0.2, 0.25) is 0 Å². The standard InChI is InChI=1S/C18H29NO/c1-14-5-3-6-16(11-14)10-9-15(2)19-12-17-7-4-8-18(17)13-20/h3,5-6,11,15,17-20H,4,7-10,12-13H2,1-2H3. The zero-order chi connectivity index (χ0) is 14.4. The summed E-state index contributed by atoms with van der Waals surface area (Å²) in [5, 5.41) is 13.0. The SMILES string of the molecule is Cc1cccc(CCC(C)NCC2CCCC2CO)c1. The van der Waals surface area contributed by atoms with Crippen molar-refractivity contribution in [2.75, 3.05) is 13.2 Å². The highest BCUT2D eigenvalue weighted by molar-refractivity contribution is 5.22. The zero-order valence-corrected chi connectivity index (χ0v) is 12.9. The molecule has 0 amide bonds. The molecule has 2 N–H and O–H groups in total. The smallest absolute Gasteiger partial charge is 0.0462 e. The number of rotatable bonds is 7. The van der Waals surface area contributed by atoms with Gasteiger partial charge in [-0.15, -0.1) is 0 Å². The fourth-order valence-corrected chi connectivity index (χ4v) is 3.33. The Hall–Kier alpha value is -0.860. The lowest BCUT2D eigenvalue weighted by atomic mass is 9.96. The molecule has 1 aliphatic rings. The molecule has 2 nitrogen and oxygen atoms in total. The van der Waals surface area contributed by atoms with Gasteiger partial charge in [0.1, 0.15) is 0 Å². The number of nitrogens with one attached hydrogen (secondary N) is 1. The molecule has 112 valence electrons. The van der Waals surface area contributed by atoms with E-state index in [0.29, 0.717) is 24.5 Å². The normalized spacial score (nSPS) is 23.9. The van der Waals surface area contributed by atoms with Gasteiger partial charge >= 0.3 is 0 Å². The summed E-state index contributed by atoms with van der Waals surface area (Å²) in [7, 11) is 0. The van der Waals surface area contributed by atoms with Crippen LogP contribution < -0.4 is 5.32 Å². The Morgan fingerprint density at radius 3 is 2.85 bits per heavy atom. The van der Waals surface area contributed by atoms with E-state index in [0.717, 1.165) is 13.0 Å². The number of aliphatic hydroxyl groups is 1. The van der Waals surface area contributed by atoms with E-state index in [1.165, 1.54) is 36.8 Å². The van der Waals surface area contributed by atoms with Crippen molar-refractivity contribution in [2.45, 2.75) is 52.0 Å². The zero-order valence-electron chi connectivity index (χ0n) is 12.9. The average molecular weight is 275 g/mol. The molecule has 1 aromatic carbocycles. The molecule has 0 bridgehead atoms. The van der Waals surface area contributed by atoms with Crippen LogP contribution in [0.3, 0.4) is 0 Å². The molecular weight excluding hydrogens is 246 g/mol. The number of aliphatic hydroxyl groups excluding tert-OH is 1. The minimum absolute atomic E-state index is 0.365. The summed E-state index contributed by atoms with van der Waals surface area (Å²) < 4.78 is 0. The molecule has 20 heavy (non-hydrogen) atoms. The van der Waals surface area contributed by atoms with Crippen molar-refractivity contribution in [2.24, 2.45) is 11.8 Å². The Kier molecular flexibility index (Phi) is 6.06. The van der Waals surface area contributed by atoms with Crippen molar-refractivity contribution >= 4 is 0 Å². The highest BCUT2D eigenvalue weighted by atomic mass is 16.3. The summed E-state index contributed by atoms with van der Waals surface area (Å²) in [6.45, 7) is 5.86. The van der Waals surface area contributed by atoms with Crippen LogP contribution in [-0.4, -0.2) is 24.3 Å². The van der Waals surface area contributed by atoms with Crippen LogP contribution in [0.25, 0.3) is 0 Å². The van der Waals surface area contributed by atoms with Crippen LogP contribution in [0.5, 0.6) is 0 Å². The fourth-order valence-electron chi connectivity index (χ4n) is 3.33. The first-order chi connectivity index (χ1) is 9.69. The van der Waals surface area contributed by atoms with Crippen LogP contribution in [0, 0.1) is 18.8 Å². The molecule has 0 spiro atoms. The van der Waals surface area contributed by atoms with Crippen molar-refractivity contribution in [3.63, 3.8) is 0 Å². The minimum Gasteiger partial charge on any atom is -0.396 e. The van der Waals surface area contributed by atoms with Gasteiger partial charge in [-0.1, -0.05) is 36.2 Å². The number of hydrogen-bond donors (Lipinski definition) is 2. The lowest BCUT2D eigenvalue weighted by Crippen LogP contribution is -2.33. The first kappa shape index (κ1) is 15.5. The third kappa shape index (κ3) is 4.60. The van der Waals surface area contributed by atoms with Gasteiger partial charge in [-0.05, 0) is 63.5 Å². The quantitative estimate of drug-likeness (QED) is 0.800.